The van der Waals surface area contributed by atoms with Crippen LogP contribution in [0.25, 0.3) is 10.9 Å². The molecule has 0 saturated carbocycles. The molecule has 1 aliphatic carbocycles. The molecule has 1 aromatic heterocycles. The Kier molecular flexibility index (Phi) is 4.39. The molecule has 3 N–H and O–H groups in total. The number of aryl methyl sites for hydroxylation is 1. The van der Waals surface area contributed by atoms with E-state index in [1.807, 2.05) is 24.3 Å². The standard InChI is InChI=1S/C21H20FN3O2/c22-15-4-1-3-14(9-15)12-25-19-8-7-13(11-24-27)10-18(19)16-5-2-6-17(20(16)25)21(23)26/h1,3-4,7-11,17,27H,2,5-6,12H2,(H2,23,26). The number of fused-ring (bicyclic) bond motifs is 3. The Morgan fingerprint density at radius 1 is 1.33 bits per heavy atom. The summed E-state index contributed by atoms with van der Waals surface area (Å²) in [6.45, 7) is 0.459. The molecule has 1 heterocycles. The van der Waals surface area contributed by atoms with Gasteiger partial charge in [0.1, 0.15) is 5.82 Å². The van der Waals surface area contributed by atoms with Gasteiger partial charge < -0.3 is 15.5 Å². The first-order valence-electron chi connectivity index (χ1n) is 8.94. The summed E-state index contributed by atoms with van der Waals surface area (Å²) in [5, 5.41) is 13.0. The summed E-state index contributed by atoms with van der Waals surface area (Å²) < 4.78 is 15.7. The lowest BCUT2D eigenvalue weighted by Gasteiger charge is -2.23. The Morgan fingerprint density at radius 2 is 2.19 bits per heavy atom. The van der Waals surface area contributed by atoms with Crippen LogP contribution in [0.2, 0.25) is 0 Å². The van der Waals surface area contributed by atoms with Gasteiger partial charge in [0.2, 0.25) is 5.91 Å². The van der Waals surface area contributed by atoms with Crippen molar-refractivity contribution < 1.29 is 14.4 Å². The zero-order chi connectivity index (χ0) is 19.0. The number of amides is 1. The van der Waals surface area contributed by atoms with Crippen LogP contribution in [0.15, 0.2) is 47.6 Å². The lowest BCUT2D eigenvalue weighted by atomic mass is 9.86. The number of rotatable bonds is 4. The molecule has 3 aromatic rings. The monoisotopic (exact) mass is 365 g/mol. The zero-order valence-electron chi connectivity index (χ0n) is 14.7. The van der Waals surface area contributed by atoms with Crippen LogP contribution in [0, 0.1) is 5.82 Å². The molecular formula is C21H20FN3O2. The number of benzene rings is 2. The van der Waals surface area contributed by atoms with E-state index in [9.17, 15) is 9.18 Å². The van der Waals surface area contributed by atoms with Crippen LogP contribution in [0.1, 0.15) is 41.1 Å². The minimum Gasteiger partial charge on any atom is -0.411 e. The molecule has 6 heteroatoms. The molecule has 2 aromatic carbocycles. The van der Waals surface area contributed by atoms with Crippen LogP contribution in [0.5, 0.6) is 0 Å². The average molecular weight is 365 g/mol. The minimum absolute atomic E-state index is 0.286. The van der Waals surface area contributed by atoms with Gasteiger partial charge in [-0.3, -0.25) is 4.79 Å². The third-order valence-electron chi connectivity index (χ3n) is 5.27. The van der Waals surface area contributed by atoms with E-state index in [4.69, 9.17) is 10.9 Å². The molecule has 0 aliphatic heterocycles. The van der Waals surface area contributed by atoms with Gasteiger partial charge in [-0.15, -0.1) is 0 Å². The number of carbonyl (C=O) groups excluding carboxylic acids is 1. The lowest BCUT2D eigenvalue weighted by Crippen LogP contribution is -2.27. The minimum atomic E-state index is -0.357. The summed E-state index contributed by atoms with van der Waals surface area (Å²) in [7, 11) is 0. The fraction of sp³-hybridized carbons (Fsp3) is 0.238. The Labute approximate surface area is 155 Å². The summed E-state index contributed by atoms with van der Waals surface area (Å²) >= 11 is 0. The molecule has 0 fully saturated rings. The molecule has 5 nitrogen and oxygen atoms in total. The molecule has 0 bridgehead atoms. The van der Waals surface area contributed by atoms with Crippen LogP contribution in [-0.2, 0) is 17.8 Å². The second-order valence-corrected chi connectivity index (χ2v) is 6.95. The second kappa shape index (κ2) is 6.87. The van der Waals surface area contributed by atoms with Gasteiger partial charge in [0.05, 0.1) is 12.1 Å². The third kappa shape index (κ3) is 3.07. The Bertz CT molecular complexity index is 1060. The molecule has 1 atom stereocenters. The van der Waals surface area contributed by atoms with Crippen molar-refractivity contribution in [2.45, 2.75) is 31.7 Å². The van der Waals surface area contributed by atoms with E-state index >= 15 is 0 Å². The van der Waals surface area contributed by atoms with E-state index < -0.39 is 0 Å². The molecule has 1 aliphatic rings. The smallest absolute Gasteiger partial charge is 0.226 e. The first-order chi connectivity index (χ1) is 13.1. The first-order valence-corrected chi connectivity index (χ1v) is 8.94. The number of nitrogens with two attached hydrogens (primary N) is 1. The second-order valence-electron chi connectivity index (χ2n) is 6.95. The highest BCUT2D eigenvalue weighted by molar-refractivity contribution is 5.94. The SMILES string of the molecule is NC(=O)C1CCCc2c1n(Cc1cccc(F)c1)c1ccc(C=NO)cc21. The van der Waals surface area contributed by atoms with Gasteiger partial charge in [-0.25, -0.2) is 4.39 Å². The van der Waals surface area contributed by atoms with E-state index in [0.29, 0.717) is 13.0 Å². The number of carbonyl (C=O) groups is 1. The van der Waals surface area contributed by atoms with Crippen molar-refractivity contribution in [3.63, 3.8) is 0 Å². The molecule has 0 saturated heterocycles. The normalized spacial score (nSPS) is 16.7. The number of aromatic nitrogens is 1. The first kappa shape index (κ1) is 17.3. The number of oxime groups is 1. The van der Waals surface area contributed by atoms with Gasteiger partial charge >= 0.3 is 0 Å². The fourth-order valence-corrected chi connectivity index (χ4v) is 4.15. The van der Waals surface area contributed by atoms with Gasteiger partial charge in [0, 0.05) is 23.1 Å². The summed E-state index contributed by atoms with van der Waals surface area (Å²) in [5.74, 6) is -0.980. The van der Waals surface area contributed by atoms with Crippen LogP contribution in [0.4, 0.5) is 4.39 Å². The van der Waals surface area contributed by atoms with Crippen LogP contribution in [-0.4, -0.2) is 21.9 Å². The summed E-state index contributed by atoms with van der Waals surface area (Å²) in [6.07, 6.45) is 3.83. The van der Waals surface area contributed by atoms with E-state index in [1.54, 1.807) is 6.07 Å². The maximum atomic E-state index is 13.7. The van der Waals surface area contributed by atoms with Crippen LogP contribution in [0.3, 0.4) is 0 Å². The largest absolute Gasteiger partial charge is 0.411 e. The van der Waals surface area contributed by atoms with E-state index in [0.717, 1.165) is 46.1 Å². The Morgan fingerprint density at radius 3 is 2.93 bits per heavy atom. The molecule has 138 valence electrons. The number of primary amides is 1. The number of hydrogen-bond donors (Lipinski definition) is 2. The molecule has 4 rings (SSSR count). The lowest BCUT2D eigenvalue weighted by molar-refractivity contribution is -0.119. The molecule has 27 heavy (non-hydrogen) atoms. The number of halogens is 1. The Balaban J connectivity index is 1.95. The highest BCUT2D eigenvalue weighted by Crippen LogP contribution is 2.39. The summed E-state index contributed by atoms with van der Waals surface area (Å²) in [5.41, 5.74) is 10.3. The average Bonchev–Trinajstić information content (AvgIpc) is 2.95. The molecule has 0 spiro atoms. The predicted octanol–water partition coefficient (Wildman–Crippen LogP) is 3.54. The van der Waals surface area contributed by atoms with E-state index in [2.05, 4.69) is 9.72 Å². The van der Waals surface area contributed by atoms with Gasteiger partial charge in [0.25, 0.3) is 0 Å². The number of hydrogen-bond acceptors (Lipinski definition) is 3. The van der Waals surface area contributed by atoms with Gasteiger partial charge in [-0.2, -0.15) is 0 Å². The topological polar surface area (TPSA) is 80.6 Å². The summed E-state index contributed by atoms with van der Waals surface area (Å²) in [4.78, 5) is 12.1. The highest BCUT2D eigenvalue weighted by atomic mass is 19.1. The maximum Gasteiger partial charge on any atom is 0.226 e. The molecule has 1 amide bonds. The predicted molar refractivity (Wildman–Crippen MR) is 102 cm³/mol. The maximum absolute atomic E-state index is 13.7. The summed E-state index contributed by atoms with van der Waals surface area (Å²) in [6, 6.07) is 12.2. The van der Waals surface area contributed by atoms with Crippen molar-refractivity contribution in [1.29, 1.82) is 0 Å². The van der Waals surface area contributed by atoms with Crippen molar-refractivity contribution >= 4 is 23.0 Å². The quantitative estimate of drug-likeness (QED) is 0.421. The van der Waals surface area contributed by atoms with E-state index in [-0.39, 0.29) is 17.6 Å². The van der Waals surface area contributed by atoms with Gasteiger partial charge in [0.15, 0.2) is 0 Å². The fourth-order valence-electron chi connectivity index (χ4n) is 4.15. The van der Waals surface area contributed by atoms with Crippen molar-refractivity contribution in [2.75, 3.05) is 0 Å². The molecule has 1 unspecified atom stereocenters. The third-order valence-corrected chi connectivity index (χ3v) is 5.27. The zero-order valence-corrected chi connectivity index (χ0v) is 14.7. The Hall–Kier alpha value is -3.15. The van der Waals surface area contributed by atoms with Crippen molar-refractivity contribution in [1.82, 2.24) is 4.57 Å². The molecule has 0 radical (unpaired) electrons. The number of nitrogens with zero attached hydrogens (tertiary/aromatic N) is 2. The molecular weight excluding hydrogens is 345 g/mol. The van der Waals surface area contributed by atoms with Gasteiger partial charge in [-0.1, -0.05) is 23.4 Å². The highest BCUT2D eigenvalue weighted by Gasteiger charge is 2.31. The van der Waals surface area contributed by atoms with Crippen molar-refractivity contribution in [3.8, 4) is 0 Å². The van der Waals surface area contributed by atoms with Gasteiger partial charge in [-0.05, 0) is 60.2 Å². The van der Waals surface area contributed by atoms with Crippen molar-refractivity contribution in [2.24, 2.45) is 10.9 Å². The van der Waals surface area contributed by atoms with Crippen LogP contribution >= 0.6 is 0 Å². The van der Waals surface area contributed by atoms with Crippen molar-refractivity contribution in [3.05, 3.63) is 70.7 Å². The van der Waals surface area contributed by atoms with Crippen LogP contribution < -0.4 is 5.73 Å². The van der Waals surface area contributed by atoms with E-state index in [1.165, 1.54) is 18.3 Å².